The van der Waals surface area contributed by atoms with E-state index in [2.05, 4.69) is 5.32 Å². The van der Waals surface area contributed by atoms with E-state index in [1.165, 1.54) is 6.07 Å². The highest BCUT2D eigenvalue weighted by atomic mass is 35.5. The molecule has 0 radical (unpaired) electrons. The Morgan fingerprint density at radius 2 is 1.95 bits per heavy atom. The third-order valence-corrected chi connectivity index (χ3v) is 3.37. The molecule has 21 heavy (non-hydrogen) atoms. The van der Waals surface area contributed by atoms with E-state index in [1.54, 1.807) is 6.07 Å². The van der Waals surface area contributed by atoms with Crippen LogP contribution < -0.4 is 5.32 Å². The number of phenolic OH excluding ortho intramolecular Hbond substituents is 1. The van der Waals surface area contributed by atoms with Crippen LogP contribution in [-0.4, -0.2) is 42.9 Å². The van der Waals surface area contributed by atoms with Gasteiger partial charge in [-0.2, -0.15) is 5.26 Å². The predicted octanol–water partition coefficient (Wildman–Crippen LogP) is 2.16. The minimum atomic E-state index is -0.790. The molecule has 1 aliphatic heterocycles. The van der Waals surface area contributed by atoms with Crippen LogP contribution >= 0.6 is 24.8 Å². The second-order valence-corrected chi connectivity index (χ2v) is 4.43. The number of nitrogens with one attached hydrogen (secondary N) is 1. The zero-order valence-corrected chi connectivity index (χ0v) is 12.8. The van der Waals surface area contributed by atoms with E-state index in [4.69, 9.17) is 5.26 Å². The van der Waals surface area contributed by atoms with Crippen molar-refractivity contribution in [1.29, 1.82) is 5.26 Å². The van der Waals surface area contributed by atoms with Gasteiger partial charge in [0.2, 0.25) is 0 Å². The fourth-order valence-corrected chi connectivity index (χ4v) is 2.33. The third kappa shape index (κ3) is 4.17. The average molecular weight is 340 g/mol. The Labute approximate surface area is 134 Å². The quantitative estimate of drug-likeness (QED) is 0.885. The minimum absolute atomic E-state index is 0. The van der Waals surface area contributed by atoms with Crippen LogP contribution in [0.3, 0.4) is 0 Å². The van der Waals surface area contributed by atoms with E-state index in [9.17, 15) is 13.9 Å². The molecule has 8 heteroatoms. The zero-order chi connectivity index (χ0) is 13.8. The summed E-state index contributed by atoms with van der Waals surface area (Å²) >= 11 is 0. The Hall–Kier alpha value is -1.13. The van der Waals surface area contributed by atoms with Gasteiger partial charge in [-0.05, 0) is 6.07 Å². The normalized spacial score (nSPS) is 16.2. The lowest BCUT2D eigenvalue weighted by molar-refractivity contribution is 0.145. The number of rotatable bonds is 3. The highest BCUT2D eigenvalue weighted by Gasteiger charge is 2.26. The van der Waals surface area contributed by atoms with Crippen molar-refractivity contribution in [3.8, 4) is 11.8 Å². The molecule has 0 amide bonds. The smallest absolute Gasteiger partial charge is 0.144 e. The monoisotopic (exact) mass is 339 g/mol. The van der Waals surface area contributed by atoms with Crippen LogP contribution in [0.15, 0.2) is 12.1 Å². The lowest BCUT2D eigenvalue weighted by Gasteiger charge is -2.34. The molecule has 1 saturated heterocycles. The standard InChI is InChI=1S/C13H15F2N3O.2ClH/c14-7-12(18-5-3-17-4-6-18)9-1-2-11(15)10(8-16)13(9)19;;/h1-2,12,17,19H,3-7H2;2*1H/t12-;;/m0../s1. The SMILES string of the molecule is Cl.Cl.N#Cc1c(F)ccc([C@H](CF)N2CCNCC2)c1O. The number of aromatic hydroxyl groups is 1. The third-order valence-electron chi connectivity index (χ3n) is 3.37. The van der Waals surface area contributed by atoms with Crippen LogP contribution in [0.5, 0.6) is 5.75 Å². The van der Waals surface area contributed by atoms with E-state index in [0.29, 0.717) is 13.1 Å². The highest BCUT2D eigenvalue weighted by molar-refractivity contribution is 5.85. The molecule has 1 aliphatic rings. The van der Waals surface area contributed by atoms with Gasteiger partial charge in [0.25, 0.3) is 0 Å². The van der Waals surface area contributed by atoms with Crippen molar-refractivity contribution in [2.24, 2.45) is 0 Å². The first-order chi connectivity index (χ1) is 9.19. The van der Waals surface area contributed by atoms with Gasteiger partial charge in [-0.15, -0.1) is 24.8 Å². The summed E-state index contributed by atoms with van der Waals surface area (Å²) in [5, 5.41) is 21.9. The fraction of sp³-hybridized carbons (Fsp3) is 0.462. The molecule has 2 rings (SSSR count). The number of halogens is 4. The lowest BCUT2D eigenvalue weighted by atomic mass is 10.0. The number of nitriles is 1. The lowest BCUT2D eigenvalue weighted by Crippen LogP contribution is -2.45. The van der Waals surface area contributed by atoms with Gasteiger partial charge in [0, 0.05) is 31.7 Å². The first-order valence-corrected chi connectivity index (χ1v) is 6.11. The molecule has 0 saturated carbocycles. The van der Waals surface area contributed by atoms with Crippen molar-refractivity contribution in [1.82, 2.24) is 10.2 Å². The molecule has 1 aromatic rings. The summed E-state index contributed by atoms with van der Waals surface area (Å²) in [5.41, 5.74) is -0.159. The van der Waals surface area contributed by atoms with Gasteiger partial charge in [0.05, 0.1) is 6.04 Å². The molecule has 0 bridgehead atoms. The molecular weight excluding hydrogens is 323 g/mol. The fourth-order valence-electron chi connectivity index (χ4n) is 2.33. The highest BCUT2D eigenvalue weighted by Crippen LogP contribution is 2.33. The molecule has 118 valence electrons. The minimum Gasteiger partial charge on any atom is -0.506 e. The summed E-state index contributed by atoms with van der Waals surface area (Å²) < 4.78 is 26.6. The van der Waals surface area contributed by atoms with E-state index < -0.39 is 29.8 Å². The maximum atomic E-state index is 13.3. The van der Waals surface area contributed by atoms with Crippen molar-refractivity contribution >= 4 is 24.8 Å². The molecule has 0 aliphatic carbocycles. The van der Waals surface area contributed by atoms with Crippen molar-refractivity contribution in [2.45, 2.75) is 6.04 Å². The van der Waals surface area contributed by atoms with Gasteiger partial charge in [0.15, 0.2) is 0 Å². The van der Waals surface area contributed by atoms with Crippen molar-refractivity contribution in [3.63, 3.8) is 0 Å². The Morgan fingerprint density at radius 1 is 1.33 bits per heavy atom. The number of hydrogen-bond donors (Lipinski definition) is 2. The summed E-state index contributed by atoms with van der Waals surface area (Å²) in [5.74, 6) is -1.25. The Morgan fingerprint density at radius 3 is 2.48 bits per heavy atom. The topological polar surface area (TPSA) is 59.3 Å². The van der Waals surface area contributed by atoms with Gasteiger partial charge in [-0.1, -0.05) is 6.07 Å². The van der Waals surface area contributed by atoms with Gasteiger partial charge in [0.1, 0.15) is 29.9 Å². The summed E-state index contributed by atoms with van der Waals surface area (Å²) in [7, 11) is 0. The van der Waals surface area contributed by atoms with E-state index in [0.717, 1.165) is 19.2 Å². The van der Waals surface area contributed by atoms with Gasteiger partial charge >= 0.3 is 0 Å². The van der Waals surface area contributed by atoms with Crippen LogP contribution in [0.2, 0.25) is 0 Å². The number of piperazine rings is 1. The number of nitrogens with zero attached hydrogens (tertiary/aromatic N) is 2. The first kappa shape index (κ1) is 19.9. The summed E-state index contributed by atoms with van der Waals surface area (Å²) in [6.07, 6.45) is 0. The Balaban J connectivity index is 0.00000200. The number of alkyl halides is 1. The van der Waals surface area contributed by atoms with E-state index in [-0.39, 0.29) is 30.4 Å². The second-order valence-electron chi connectivity index (χ2n) is 4.43. The molecule has 1 atom stereocenters. The largest absolute Gasteiger partial charge is 0.506 e. The van der Waals surface area contributed by atoms with Crippen molar-refractivity contribution in [2.75, 3.05) is 32.9 Å². The molecular formula is C13H17Cl2F2N3O. The van der Waals surface area contributed by atoms with Gasteiger partial charge < -0.3 is 10.4 Å². The van der Waals surface area contributed by atoms with E-state index >= 15 is 0 Å². The maximum absolute atomic E-state index is 13.3. The van der Waals surface area contributed by atoms with Gasteiger partial charge in [-0.3, -0.25) is 4.90 Å². The van der Waals surface area contributed by atoms with Crippen LogP contribution in [0.25, 0.3) is 0 Å². The number of benzene rings is 1. The molecule has 1 fully saturated rings. The maximum Gasteiger partial charge on any atom is 0.144 e. The van der Waals surface area contributed by atoms with Crippen LogP contribution in [0.1, 0.15) is 17.2 Å². The first-order valence-electron chi connectivity index (χ1n) is 6.11. The average Bonchev–Trinajstić information content (AvgIpc) is 2.44. The van der Waals surface area contributed by atoms with Crippen molar-refractivity contribution in [3.05, 3.63) is 29.1 Å². The number of hydrogen-bond acceptors (Lipinski definition) is 4. The zero-order valence-electron chi connectivity index (χ0n) is 11.2. The predicted molar refractivity (Wildman–Crippen MR) is 80.4 cm³/mol. The van der Waals surface area contributed by atoms with Crippen LogP contribution in [0.4, 0.5) is 8.78 Å². The molecule has 1 heterocycles. The Bertz CT molecular complexity index is 505. The molecule has 0 spiro atoms. The molecule has 0 aromatic heterocycles. The molecule has 0 unspecified atom stereocenters. The molecule has 2 N–H and O–H groups in total. The summed E-state index contributed by atoms with van der Waals surface area (Å²) in [4.78, 5) is 1.88. The van der Waals surface area contributed by atoms with Crippen LogP contribution in [-0.2, 0) is 0 Å². The molecule has 4 nitrogen and oxygen atoms in total. The van der Waals surface area contributed by atoms with Crippen molar-refractivity contribution < 1.29 is 13.9 Å². The van der Waals surface area contributed by atoms with Gasteiger partial charge in [-0.25, -0.2) is 8.78 Å². The number of phenols is 1. The summed E-state index contributed by atoms with van der Waals surface area (Å²) in [6.45, 7) is 2.08. The van der Waals surface area contributed by atoms with Crippen LogP contribution in [0, 0.1) is 17.1 Å². The summed E-state index contributed by atoms with van der Waals surface area (Å²) in [6, 6.07) is 3.40. The Kier molecular flexibility index (Phi) is 8.52. The second kappa shape index (κ2) is 9.00. The van der Waals surface area contributed by atoms with E-state index in [1.807, 2.05) is 4.90 Å². The molecule has 1 aromatic carbocycles.